The Morgan fingerprint density at radius 1 is 1.08 bits per heavy atom. The van der Waals surface area contributed by atoms with E-state index in [1.165, 1.54) is 30.8 Å². The Balaban J connectivity index is 1.28. The van der Waals surface area contributed by atoms with Crippen molar-refractivity contribution < 1.29 is 4.79 Å². The Morgan fingerprint density at radius 3 is 2.47 bits per heavy atom. The summed E-state index contributed by atoms with van der Waals surface area (Å²) in [5.74, 6) is 2.68. The first-order valence-electron chi connectivity index (χ1n) is 14.1. The van der Waals surface area contributed by atoms with Gasteiger partial charge >= 0.3 is 0 Å². The second kappa shape index (κ2) is 11.3. The number of carbonyl (C=O) groups is 1. The lowest BCUT2D eigenvalue weighted by Gasteiger charge is -2.50. The zero-order valence-corrected chi connectivity index (χ0v) is 22.2. The van der Waals surface area contributed by atoms with Gasteiger partial charge in [-0.1, -0.05) is 13.8 Å². The molecule has 0 aliphatic carbocycles. The molecular formula is C29H42N6O. The van der Waals surface area contributed by atoms with E-state index in [-0.39, 0.29) is 5.91 Å². The number of nitrogens with one attached hydrogen (secondary N) is 1. The van der Waals surface area contributed by atoms with Crippen LogP contribution in [0.15, 0.2) is 30.6 Å². The van der Waals surface area contributed by atoms with Gasteiger partial charge in [0.25, 0.3) is 0 Å². The monoisotopic (exact) mass is 490 g/mol. The highest BCUT2D eigenvalue weighted by atomic mass is 16.2. The SMILES string of the molecule is CCC(CC)c1cc([C@@H]2CN3CC[C@H]2C[C@@H]3CNC2CCN(C(C)=O)CC2)nc(-c2ccncc2)n1. The summed E-state index contributed by atoms with van der Waals surface area (Å²) in [5, 5.41) is 3.85. The smallest absolute Gasteiger partial charge is 0.219 e. The van der Waals surface area contributed by atoms with Gasteiger partial charge < -0.3 is 10.2 Å². The first kappa shape index (κ1) is 25.3. The van der Waals surface area contributed by atoms with E-state index in [4.69, 9.17) is 9.97 Å². The van der Waals surface area contributed by atoms with Crippen molar-refractivity contribution in [1.82, 2.24) is 30.1 Å². The van der Waals surface area contributed by atoms with E-state index in [1.54, 1.807) is 6.92 Å². The second-order valence-corrected chi connectivity index (χ2v) is 11.0. The number of carbonyl (C=O) groups excluding carboxylic acids is 1. The molecule has 4 atom stereocenters. The summed E-state index contributed by atoms with van der Waals surface area (Å²) in [4.78, 5) is 30.7. The number of aromatic nitrogens is 3. The van der Waals surface area contributed by atoms with E-state index in [1.807, 2.05) is 29.4 Å². The molecule has 0 aromatic carbocycles. The van der Waals surface area contributed by atoms with Crippen LogP contribution in [0.5, 0.6) is 0 Å². The van der Waals surface area contributed by atoms with Gasteiger partial charge in [0.05, 0.1) is 0 Å². The summed E-state index contributed by atoms with van der Waals surface area (Å²) in [5.41, 5.74) is 3.48. The van der Waals surface area contributed by atoms with Crippen LogP contribution in [0.25, 0.3) is 11.4 Å². The summed E-state index contributed by atoms with van der Waals surface area (Å²) < 4.78 is 0. The van der Waals surface area contributed by atoms with Crippen LogP contribution in [0.4, 0.5) is 0 Å². The fraction of sp³-hybridized carbons (Fsp3) is 0.655. The molecule has 4 saturated heterocycles. The molecule has 0 spiro atoms. The number of fused-ring (bicyclic) bond motifs is 3. The van der Waals surface area contributed by atoms with Crippen molar-refractivity contribution in [1.29, 1.82) is 0 Å². The average Bonchev–Trinajstić information content (AvgIpc) is 2.93. The number of hydrogen-bond donors (Lipinski definition) is 1. The molecule has 0 radical (unpaired) electrons. The van der Waals surface area contributed by atoms with Crippen molar-refractivity contribution in [3.05, 3.63) is 42.0 Å². The lowest BCUT2D eigenvalue weighted by Crippen LogP contribution is -2.57. The van der Waals surface area contributed by atoms with E-state index >= 15 is 0 Å². The number of amides is 1. The molecule has 0 saturated carbocycles. The maximum Gasteiger partial charge on any atom is 0.219 e. The van der Waals surface area contributed by atoms with Crippen LogP contribution in [0.2, 0.25) is 0 Å². The molecule has 2 aromatic rings. The average molecular weight is 491 g/mol. The summed E-state index contributed by atoms with van der Waals surface area (Å²) in [6.45, 7) is 11.3. The van der Waals surface area contributed by atoms with Crippen LogP contribution in [-0.4, -0.2) is 75.5 Å². The van der Waals surface area contributed by atoms with Crippen LogP contribution in [0, 0.1) is 5.92 Å². The highest BCUT2D eigenvalue weighted by molar-refractivity contribution is 5.73. The minimum Gasteiger partial charge on any atom is -0.343 e. The van der Waals surface area contributed by atoms with Gasteiger partial charge in [-0.2, -0.15) is 0 Å². The minimum absolute atomic E-state index is 0.208. The van der Waals surface area contributed by atoms with Crippen molar-refractivity contribution in [2.45, 2.75) is 83.2 Å². The Bertz CT molecular complexity index is 1020. The van der Waals surface area contributed by atoms with E-state index in [0.29, 0.717) is 29.8 Å². The lowest BCUT2D eigenvalue weighted by atomic mass is 9.73. The topological polar surface area (TPSA) is 74.2 Å². The first-order valence-corrected chi connectivity index (χ1v) is 14.1. The fourth-order valence-corrected chi connectivity index (χ4v) is 6.61. The third kappa shape index (κ3) is 5.47. The van der Waals surface area contributed by atoms with Crippen molar-refractivity contribution in [3.8, 4) is 11.4 Å². The van der Waals surface area contributed by atoms with Crippen LogP contribution in [0.3, 0.4) is 0 Å². The number of likely N-dealkylation sites (tertiary alicyclic amines) is 1. The summed E-state index contributed by atoms with van der Waals surface area (Å²) >= 11 is 0. The molecule has 1 N–H and O–H groups in total. The van der Waals surface area contributed by atoms with E-state index in [2.05, 4.69) is 35.1 Å². The molecule has 6 rings (SSSR count). The molecule has 36 heavy (non-hydrogen) atoms. The molecule has 7 heteroatoms. The molecule has 2 aromatic heterocycles. The van der Waals surface area contributed by atoms with Crippen LogP contribution in [-0.2, 0) is 4.79 Å². The van der Waals surface area contributed by atoms with E-state index in [9.17, 15) is 4.79 Å². The predicted molar refractivity (Wildman–Crippen MR) is 143 cm³/mol. The second-order valence-electron chi connectivity index (χ2n) is 11.0. The molecule has 6 heterocycles. The highest BCUT2D eigenvalue weighted by Crippen LogP contribution is 2.42. The molecular weight excluding hydrogens is 448 g/mol. The Kier molecular flexibility index (Phi) is 7.96. The Morgan fingerprint density at radius 2 is 1.83 bits per heavy atom. The Labute approximate surface area is 216 Å². The highest BCUT2D eigenvalue weighted by Gasteiger charge is 2.41. The molecule has 1 unspecified atom stereocenters. The summed E-state index contributed by atoms with van der Waals surface area (Å²) in [6, 6.07) is 7.51. The quantitative estimate of drug-likeness (QED) is 0.597. The largest absolute Gasteiger partial charge is 0.343 e. The summed E-state index contributed by atoms with van der Waals surface area (Å²) in [6.07, 6.45) is 10.5. The molecule has 4 fully saturated rings. The number of piperidine rings is 4. The minimum atomic E-state index is 0.208. The van der Waals surface area contributed by atoms with Gasteiger partial charge in [-0.3, -0.25) is 14.7 Å². The Hall–Kier alpha value is -2.38. The van der Waals surface area contributed by atoms with E-state index in [0.717, 1.165) is 63.3 Å². The van der Waals surface area contributed by atoms with Gasteiger partial charge in [-0.15, -0.1) is 0 Å². The molecule has 4 aliphatic heterocycles. The van der Waals surface area contributed by atoms with Gasteiger partial charge in [0, 0.05) is 86.4 Å². The number of nitrogens with zero attached hydrogens (tertiary/aromatic N) is 5. The maximum atomic E-state index is 11.6. The molecule has 4 aliphatic rings. The standard InChI is InChI=1S/C29H42N6O/c1-4-21(5-2)27-17-28(33-29(32-27)22-6-11-30-12-7-22)26-19-35-13-8-23(26)16-25(35)18-31-24-9-14-34(15-10-24)20(3)36/h6-7,11-12,17,21,23-26,31H,4-5,8-10,13-16,18-19H2,1-3H3/t23-,25+,26+/m0/s1. The first-order chi connectivity index (χ1) is 17.6. The number of hydrogen-bond acceptors (Lipinski definition) is 6. The predicted octanol–water partition coefficient (Wildman–Crippen LogP) is 4.22. The van der Waals surface area contributed by atoms with Crippen molar-refractivity contribution in [3.63, 3.8) is 0 Å². The zero-order chi connectivity index (χ0) is 25.1. The number of pyridine rings is 1. The van der Waals surface area contributed by atoms with Gasteiger partial charge in [-0.25, -0.2) is 9.97 Å². The third-order valence-electron chi connectivity index (χ3n) is 8.95. The van der Waals surface area contributed by atoms with E-state index < -0.39 is 0 Å². The molecule has 194 valence electrons. The van der Waals surface area contributed by atoms with Crippen molar-refractivity contribution in [2.75, 3.05) is 32.7 Å². The fourth-order valence-electron chi connectivity index (χ4n) is 6.61. The van der Waals surface area contributed by atoms with Crippen LogP contribution < -0.4 is 5.32 Å². The van der Waals surface area contributed by atoms with Crippen LogP contribution >= 0.6 is 0 Å². The zero-order valence-electron chi connectivity index (χ0n) is 22.2. The third-order valence-corrected chi connectivity index (χ3v) is 8.95. The molecule has 2 bridgehead atoms. The van der Waals surface area contributed by atoms with Crippen molar-refractivity contribution in [2.24, 2.45) is 5.92 Å². The van der Waals surface area contributed by atoms with Gasteiger partial charge in [0.15, 0.2) is 5.82 Å². The number of rotatable bonds is 8. The lowest BCUT2D eigenvalue weighted by molar-refractivity contribution is -0.129. The van der Waals surface area contributed by atoms with Gasteiger partial charge in [0.1, 0.15) is 0 Å². The van der Waals surface area contributed by atoms with Gasteiger partial charge in [0.2, 0.25) is 5.91 Å². The molecule has 1 amide bonds. The normalized spacial score (nSPS) is 26.5. The van der Waals surface area contributed by atoms with Crippen LogP contribution in [0.1, 0.15) is 82.5 Å². The molecule has 7 nitrogen and oxygen atoms in total. The maximum absolute atomic E-state index is 11.6. The van der Waals surface area contributed by atoms with Gasteiger partial charge in [-0.05, 0) is 69.2 Å². The summed E-state index contributed by atoms with van der Waals surface area (Å²) in [7, 11) is 0. The van der Waals surface area contributed by atoms with Crippen molar-refractivity contribution >= 4 is 5.91 Å².